The highest BCUT2D eigenvalue weighted by atomic mass is 35.5. The average molecular weight is 367 g/mol. The van der Waals surface area contributed by atoms with E-state index in [9.17, 15) is 8.42 Å². The molecule has 0 amide bonds. The first kappa shape index (κ1) is 16.5. The van der Waals surface area contributed by atoms with Crippen molar-refractivity contribution in [3.63, 3.8) is 0 Å². The lowest BCUT2D eigenvalue weighted by Crippen LogP contribution is -2.24. The summed E-state index contributed by atoms with van der Waals surface area (Å²) in [6.07, 6.45) is 0. The first-order valence-electron chi connectivity index (χ1n) is 5.72. The molecule has 0 radical (unpaired) electrons. The molecule has 0 heterocycles. The van der Waals surface area contributed by atoms with Crippen LogP contribution >= 0.6 is 34.8 Å². The molecule has 0 saturated heterocycles. The fourth-order valence-electron chi connectivity index (χ4n) is 1.59. The van der Waals surface area contributed by atoms with E-state index in [2.05, 4.69) is 0 Å². The fourth-order valence-corrected chi connectivity index (χ4v) is 3.95. The van der Waals surface area contributed by atoms with Crippen molar-refractivity contribution in [3.05, 3.63) is 63.1 Å². The van der Waals surface area contributed by atoms with Crippen LogP contribution in [0, 0.1) is 0 Å². The van der Waals surface area contributed by atoms with Crippen molar-refractivity contribution in [1.82, 2.24) is 4.89 Å². The molecule has 0 fully saturated rings. The molecule has 1 N–H and O–H groups in total. The Morgan fingerprint density at radius 2 is 1.57 bits per heavy atom. The summed E-state index contributed by atoms with van der Waals surface area (Å²) in [6, 6.07) is 11.7. The Hall–Kier alpha value is -0.820. The summed E-state index contributed by atoms with van der Waals surface area (Å²) < 4.78 is 24.3. The zero-order valence-corrected chi connectivity index (χ0v) is 13.6. The molecule has 2 rings (SSSR count). The van der Waals surface area contributed by atoms with E-state index in [1.54, 1.807) is 12.1 Å². The van der Waals surface area contributed by atoms with Crippen molar-refractivity contribution in [2.24, 2.45) is 0 Å². The van der Waals surface area contributed by atoms with Crippen LogP contribution in [0.5, 0.6) is 0 Å². The van der Waals surface area contributed by atoms with Gasteiger partial charge in [0.05, 0.1) is 16.7 Å². The van der Waals surface area contributed by atoms with Gasteiger partial charge in [0.15, 0.2) is 0 Å². The van der Waals surface area contributed by atoms with E-state index < -0.39 is 10.0 Å². The summed E-state index contributed by atoms with van der Waals surface area (Å²) in [6.45, 7) is 0.0723. The zero-order valence-electron chi connectivity index (χ0n) is 10.5. The van der Waals surface area contributed by atoms with Crippen LogP contribution in [0.15, 0.2) is 47.4 Å². The highest BCUT2D eigenvalue weighted by Crippen LogP contribution is 2.32. The van der Waals surface area contributed by atoms with Crippen molar-refractivity contribution >= 4 is 44.8 Å². The monoisotopic (exact) mass is 365 g/mol. The SMILES string of the molecule is O=S(=O)(NOCc1ccccc1)c1c(Cl)cc(Cl)cc1Cl. The second kappa shape index (κ2) is 6.96. The number of nitrogens with one attached hydrogen (secondary N) is 1. The molecule has 0 unspecified atom stereocenters. The number of benzene rings is 2. The molecule has 2 aromatic rings. The molecule has 8 heteroatoms. The van der Waals surface area contributed by atoms with Crippen molar-refractivity contribution in [1.29, 1.82) is 0 Å². The van der Waals surface area contributed by atoms with Gasteiger partial charge in [0.1, 0.15) is 4.90 Å². The number of sulfonamides is 1. The minimum Gasteiger partial charge on any atom is -0.282 e. The van der Waals surface area contributed by atoms with Crippen LogP contribution in [0.2, 0.25) is 15.1 Å². The maximum Gasteiger partial charge on any atom is 0.265 e. The molecule has 2 aromatic carbocycles. The summed E-state index contributed by atoms with van der Waals surface area (Å²) in [5.74, 6) is 0. The molecule has 0 aliphatic heterocycles. The number of rotatable bonds is 5. The molecule has 4 nitrogen and oxygen atoms in total. The maximum atomic E-state index is 12.1. The van der Waals surface area contributed by atoms with Gasteiger partial charge in [0.25, 0.3) is 10.0 Å². The van der Waals surface area contributed by atoms with Gasteiger partial charge < -0.3 is 0 Å². The third-order valence-electron chi connectivity index (χ3n) is 2.48. The third-order valence-corrected chi connectivity index (χ3v) is 4.84. The highest BCUT2D eigenvalue weighted by Gasteiger charge is 2.22. The molecule has 0 aromatic heterocycles. The molecule has 21 heavy (non-hydrogen) atoms. The van der Waals surface area contributed by atoms with Gasteiger partial charge in [-0.1, -0.05) is 70.0 Å². The van der Waals surface area contributed by atoms with Crippen molar-refractivity contribution in [3.8, 4) is 0 Å². The summed E-state index contributed by atoms with van der Waals surface area (Å²) in [5.41, 5.74) is 0.813. The van der Waals surface area contributed by atoms with E-state index in [0.29, 0.717) is 0 Å². The normalized spacial score (nSPS) is 11.6. The third kappa shape index (κ3) is 4.32. The number of hydrogen-bond acceptors (Lipinski definition) is 3. The smallest absolute Gasteiger partial charge is 0.265 e. The van der Waals surface area contributed by atoms with Crippen LogP contribution in [-0.4, -0.2) is 8.42 Å². The quantitative estimate of drug-likeness (QED) is 0.812. The molecule has 0 aliphatic rings. The topological polar surface area (TPSA) is 55.4 Å². The van der Waals surface area contributed by atoms with Crippen LogP contribution in [0.1, 0.15) is 5.56 Å². The molecule has 0 atom stereocenters. The fraction of sp³-hybridized carbons (Fsp3) is 0.0769. The molecule has 112 valence electrons. The molecule has 0 spiro atoms. The van der Waals surface area contributed by atoms with Gasteiger partial charge >= 0.3 is 0 Å². The van der Waals surface area contributed by atoms with Crippen molar-refractivity contribution in [2.75, 3.05) is 0 Å². The van der Waals surface area contributed by atoms with Gasteiger partial charge in [-0.15, -0.1) is 0 Å². The Balaban J connectivity index is 2.12. The largest absolute Gasteiger partial charge is 0.282 e. The lowest BCUT2D eigenvalue weighted by atomic mass is 10.2. The summed E-state index contributed by atoms with van der Waals surface area (Å²) >= 11 is 17.5. The lowest BCUT2D eigenvalue weighted by Gasteiger charge is -2.10. The second-order valence-corrected chi connectivity index (χ2v) is 6.89. The number of halogens is 3. The summed E-state index contributed by atoms with van der Waals surface area (Å²) in [5, 5.41) is 0.0841. The number of hydrogen-bond donors (Lipinski definition) is 1. The van der Waals surface area contributed by atoms with Gasteiger partial charge in [0.2, 0.25) is 0 Å². The van der Waals surface area contributed by atoms with E-state index in [1.165, 1.54) is 12.1 Å². The Morgan fingerprint density at radius 3 is 2.14 bits per heavy atom. The Labute approximate surface area is 137 Å². The van der Waals surface area contributed by atoms with E-state index in [4.69, 9.17) is 39.6 Å². The Bertz CT molecular complexity index is 713. The first-order valence-corrected chi connectivity index (χ1v) is 8.34. The summed E-state index contributed by atoms with van der Waals surface area (Å²) in [4.78, 5) is 6.70. The van der Waals surface area contributed by atoms with Crippen LogP contribution in [-0.2, 0) is 21.5 Å². The van der Waals surface area contributed by atoms with Crippen LogP contribution in [0.3, 0.4) is 0 Å². The van der Waals surface area contributed by atoms with Gasteiger partial charge in [-0.25, -0.2) is 8.42 Å². The highest BCUT2D eigenvalue weighted by molar-refractivity contribution is 7.89. The first-order chi connectivity index (χ1) is 9.90. The van der Waals surface area contributed by atoms with Gasteiger partial charge in [-0.05, 0) is 17.7 Å². The maximum absolute atomic E-state index is 12.1. The Kier molecular flexibility index (Phi) is 5.48. The lowest BCUT2D eigenvalue weighted by molar-refractivity contribution is 0.0795. The van der Waals surface area contributed by atoms with Crippen molar-refractivity contribution < 1.29 is 13.3 Å². The van der Waals surface area contributed by atoms with Crippen LogP contribution in [0.4, 0.5) is 0 Å². The van der Waals surface area contributed by atoms with E-state index in [0.717, 1.165) is 5.56 Å². The minimum atomic E-state index is -4.00. The van der Waals surface area contributed by atoms with E-state index in [1.807, 2.05) is 23.1 Å². The minimum absolute atomic E-state index is 0.0723. The molecule has 0 aliphatic carbocycles. The van der Waals surface area contributed by atoms with Crippen molar-refractivity contribution in [2.45, 2.75) is 11.5 Å². The Morgan fingerprint density at radius 1 is 1.00 bits per heavy atom. The molecular weight excluding hydrogens is 357 g/mol. The average Bonchev–Trinajstić information content (AvgIpc) is 2.38. The standard InChI is InChI=1S/C13H10Cl3NO3S/c14-10-6-11(15)13(12(16)7-10)21(18,19)17-20-8-9-4-2-1-3-5-9/h1-7,17H,8H2. The van der Waals surface area contributed by atoms with Gasteiger partial charge in [-0.3, -0.25) is 4.84 Å². The molecule has 0 bridgehead atoms. The zero-order chi connectivity index (χ0) is 15.5. The predicted octanol–water partition coefficient (Wildman–Crippen LogP) is 4.06. The van der Waals surface area contributed by atoms with E-state index in [-0.39, 0.29) is 26.6 Å². The second-order valence-electron chi connectivity index (χ2n) is 4.06. The molecule has 0 saturated carbocycles. The molecular formula is C13H10Cl3NO3S. The van der Waals surface area contributed by atoms with Gasteiger partial charge in [0, 0.05) is 5.02 Å². The van der Waals surface area contributed by atoms with Gasteiger partial charge in [-0.2, -0.15) is 0 Å². The predicted molar refractivity (Wildman–Crippen MR) is 83.0 cm³/mol. The summed E-state index contributed by atoms with van der Waals surface area (Å²) in [7, 11) is -4.00. The van der Waals surface area contributed by atoms with E-state index >= 15 is 0 Å². The van der Waals surface area contributed by atoms with Crippen LogP contribution < -0.4 is 4.89 Å². The van der Waals surface area contributed by atoms with Crippen LogP contribution in [0.25, 0.3) is 0 Å².